The number of nitrogens with one attached hydrogen (secondary N) is 1. The quantitative estimate of drug-likeness (QED) is 0.220. The number of aliphatic imine (C=N–C) groups is 2. The second kappa shape index (κ2) is 10.2. The summed E-state index contributed by atoms with van der Waals surface area (Å²) in [6.45, 7) is 0. The summed E-state index contributed by atoms with van der Waals surface area (Å²) in [5.74, 6) is 1.72. The van der Waals surface area contributed by atoms with Gasteiger partial charge in [0.15, 0.2) is 6.17 Å². The van der Waals surface area contributed by atoms with Crippen LogP contribution in [-0.2, 0) is 0 Å². The highest BCUT2D eigenvalue weighted by Crippen LogP contribution is 2.43. The minimum atomic E-state index is -0.332. The van der Waals surface area contributed by atoms with E-state index in [1.54, 1.807) is 0 Å². The number of allylic oxidation sites excluding steroid dienone is 2. The molecule has 3 heterocycles. The first-order chi connectivity index (χ1) is 21.8. The van der Waals surface area contributed by atoms with Crippen molar-refractivity contribution in [2.24, 2.45) is 9.98 Å². The Kier molecular flexibility index (Phi) is 5.84. The summed E-state index contributed by atoms with van der Waals surface area (Å²) in [6.07, 6.45) is 8.40. The minimum Gasteiger partial charge on any atom is -0.324 e. The van der Waals surface area contributed by atoms with Gasteiger partial charge < -0.3 is 9.88 Å². The molecule has 2 aromatic heterocycles. The van der Waals surface area contributed by atoms with Gasteiger partial charge in [0.25, 0.3) is 0 Å². The van der Waals surface area contributed by atoms with Gasteiger partial charge in [-0.25, -0.2) is 9.98 Å². The molecule has 1 atom stereocenters. The third-order valence-electron chi connectivity index (χ3n) is 8.68. The van der Waals surface area contributed by atoms with Crippen molar-refractivity contribution >= 4 is 65.0 Å². The van der Waals surface area contributed by atoms with Crippen molar-refractivity contribution in [1.82, 2.24) is 9.88 Å². The van der Waals surface area contributed by atoms with E-state index < -0.39 is 0 Å². The molecular weight excluding hydrogens is 557 g/mol. The average Bonchev–Trinajstić information content (AvgIpc) is 3.64. The van der Waals surface area contributed by atoms with Gasteiger partial charge >= 0.3 is 0 Å². The Hall–Kier alpha value is -5.26. The van der Waals surface area contributed by atoms with Crippen LogP contribution in [0.2, 0.25) is 0 Å². The fourth-order valence-corrected chi connectivity index (χ4v) is 7.74. The molecule has 210 valence electrons. The van der Waals surface area contributed by atoms with Gasteiger partial charge in [-0.1, -0.05) is 97.1 Å². The number of hydrogen-bond acceptors (Lipinski definition) is 4. The van der Waals surface area contributed by atoms with Crippen LogP contribution in [0.1, 0.15) is 30.1 Å². The predicted octanol–water partition coefficient (Wildman–Crippen LogP) is 9.88. The van der Waals surface area contributed by atoms with Crippen LogP contribution in [-0.4, -0.2) is 16.2 Å². The highest BCUT2D eigenvalue weighted by molar-refractivity contribution is 7.26. The second-order valence-corrected chi connectivity index (χ2v) is 12.4. The number of para-hydroxylation sites is 1. The Morgan fingerprint density at radius 2 is 1.41 bits per heavy atom. The van der Waals surface area contributed by atoms with Crippen molar-refractivity contribution in [3.8, 4) is 5.69 Å². The second-order valence-electron chi connectivity index (χ2n) is 11.3. The molecule has 0 amide bonds. The monoisotopic (exact) mass is 584 g/mol. The smallest absolute Gasteiger partial charge is 0.169 e. The first-order valence-corrected chi connectivity index (χ1v) is 15.9. The Bertz CT molecular complexity index is 2350. The van der Waals surface area contributed by atoms with Crippen LogP contribution in [0.25, 0.3) is 47.7 Å². The summed E-state index contributed by atoms with van der Waals surface area (Å²) in [5.41, 5.74) is 6.80. The van der Waals surface area contributed by atoms with Crippen molar-refractivity contribution in [3.05, 3.63) is 150 Å². The Balaban J connectivity index is 1.18. The summed E-state index contributed by atoms with van der Waals surface area (Å²) < 4.78 is 5.05. The van der Waals surface area contributed by atoms with Gasteiger partial charge in [-0.3, -0.25) is 0 Å². The summed E-state index contributed by atoms with van der Waals surface area (Å²) in [4.78, 5) is 10.2. The first kappa shape index (κ1) is 25.3. The van der Waals surface area contributed by atoms with Crippen LogP contribution in [0.4, 0.5) is 0 Å². The molecule has 0 saturated heterocycles. The molecule has 0 fully saturated rings. The van der Waals surface area contributed by atoms with E-state index in [0.29, 0.717) is 0 Å². The molecule has 1 aliphatic heterocycles. The van der Waals surface area contributed by atoms with Gasteiger partial charge in [0.05, 0.1) is 11.0 Å². The Labute approximate surface area is 259 Å². The molecule has 0 radical (unpaired) electrons. The number of thiophene rings is 1. The number of aromatic nitrogens is 1. The maximum Gasteiger partial charge on any atom is 0.169 e. The molecule has 4 nitrogen and oxygen atoms in total. The first-order valence-electron chi connectivity index (χ1n) is 15.1. The summed E-state index contributed by atoms with van der Waals surface area (Å²) >= 11 is 1.87. The normalized spacial score (nSPS) is 16.7. The third kappa shape index (κ3) is 4.04. The standard InChI is InChI=1S/C39H28N4S/c1-3-11-25(12-4-1)37-40-38(26-13-5-2-6-14-26)42-39(41-37)27-19-21-28(22-20-27)43-31-17-9-7-15-29(31)35-32(43)23-24-34-36(35)30-16-8-10-18-33(30)44-34/h1,3-5,7-24,39H,2,6H2,(H,40,41,42). The lowest BCUT2D eigenvalue weighted by Crippen LogP contribution is -2.36. The molecule has 5 heteroatoms. The summed E-state index contributed by atoms with van der Waals surface area (Å²) in [6, 6.07) is 41.2. The third-order valence-corrected chi connectivity index (χ3v) is 9.82. The van der Waals surface area contributed by atoms with Gasteiger partial charge in [0, 0.05) is 47.8 Å². The van der Waals surface area contributed by atoms with E-state index >= 15 is 0 Å². The number of benzene rings is 5. The van der Waals surface area contributed by atoms with Crippen LogP contribution in [0, 0.1) is 0 Å². The number of amidine groups is 2. The van der Waals surface area contributed by atoms with Gasteiger partial charge in [0.2, 0.25) is 0 Å². The van der Waals surface area contributed by atoms with Crippen LogP contribution in [0.5, 0.6) is 0 Å². The average molecular weight is 585 g/mol. The van der Waals surface area contributed by atoms with Gasteiger partial charge in [-0.15, -0.1) is 11.3 Å². The maximum absolute atomic E-state index is 5.09. The van der Waals surface area contributed by atoms with Gasteiger partial charge in [-0.05, 0) is 54.8 Å². The zero-order valence-electron chi connectivity index (χ0n) is 23.9. The number of nitrogens with zero attached hydrogens (tertiary/aromatic N) is 3. The summed E-state index contributed by atoms with van der Waals surface area (Å²) in [7, 11) is 0. The molecule has 1 aliphatic carbocycles. The Morgan fingerprint density at radius 1 is 0.636 bits per heavy atom. The largest absolute Gasteiger partial charge is 0.324 e. The van der Waals surface area contributed by atoms with E-state index in [2.05, 4.69) is 125 Å². The molecule has 44 heavy (non-hydrogen) atoms. The van der Waals surface area contributed by atoms with E-state index in [4.69, 9.17) is 9.98 Å². The zero-order valence-corrected chi connectivity index (χ0v) is 24.8. The van der Waals surface area contributed by atoms with E-state index in [1.165, 1.54) is 42.0 Å². The number of hydrogen-bond donors (Lipinski definition) is 1. The topological polar surface area (TPSA) is 41.7 Å². The van der Waals surface area contributed by atoms with E-state index in [-0.39, 0.29) is 6.17 Å². The molecule has 0 bridgehead atoms. The lowest BCUT2D eigenvalue weighted by molar-refractivity contribution is 0.755. The predicted molar refractivity (Wildman–Crippen MR) is 186 cm³/mol. The van der Waals surface area contributed by atoms with E-state index in [0.717, 1.165) is 46.9 Å². The van der Waals surface area contributed by atoms with Crippen molar-refractivity contribution in [2.45, 2.75) is 19.0 Å². The van der Waals surface area contributed by atoms with Crippen LogP contribution < -0.4 is 5.32 Å². The Morgan fingerprint density at radius 3 is 2.25 bits per heavy atom. The van der Waals surface area contributed by atoms with Gasteiger partial charge in [-0.2, -0.15) is 0 Å². The lowest BCUT2D eigenvalue weighted by atomic mass is 10.0. The van der Waals surface area contributed by atoms with Crippen LogP contribution in [0.15, 0.2) is 149 Å². The molecule has 5 aromatic carbocycles. The summed E-state index contributed by atoms with van der Waals surface area (Å²) in [5, 5.41) is 8.78. The molecule has 0 saturated carbocycles. The minimum absolute atomic E-state index is 0.332. The van der Waals surface area contributed by atoms with Crippen LogP contribution in [0.3, 0.4) is 0 Å². The molecule has 7 aromatic rings. The molecule has 0 spiro atoms. The number of fused-ring (bicyclic) bond motifs is 7. The lowest BCUT2D eigenvalue weighted by Gasteiger charge is -2.23. The molecule has 1 N–H and O–H groups in total. The van der Waals surface area contributed by atoms with Crippen molar-refractivity contribution in [3.63, 3.8) is 0 Å². The van der Waals surface area contributed by atoms with Crippen LogP contribution >= 0.6 is 11.3 Å². The number of rotatable bonds is 4. The van der Waals surface area contributed by atoms with Crippen molar-refractivity contribution in [2.75, 3.05) is 0 Å². The SMILES string of the molecule is C1=CC(C2=NC(c3ccc(-n4c5ccccc5c5c6c(ccc54)sc4ccccc46)cc3)N=C(c3ccccc3)N2)=CCC1. The fraction of sp³-hybridized carbons (Fsp3) is 0.0769. The molecular formula is C39H28N4S. The fourth-order valence-electron chi connectivity index (χ4n) is 6.63. The van der Waals surface area contributed by atoms with E-state index in [1.807, 2.05) is 29.5 Å². The van der Waals surface area contributed by atoms with Crippen molar-refractivity contribution < 1.29 is 0 Å². The molecule has 9 rings (SSSR count). The molecule has 2 aliphatic rings. The van der Waals surface area contributed by atoms with Crippen molar-refractivity contribution in [1.29, 1.82) is 0 Å². The zero-order chi connectivity index (χ0) is 29.0. The van der Waals surface area contributed by atoms with Gasteiger partial charge in [0.1, 0.15) is 11.7 Å². The highest BCUT2D eigenvalue weighted by atomic mass is 32.1. The van der Waals surface area contributed by atoms with E-state index in [9.17, 15) is 0 Å². The maximum atomic E-state index is 5.09. The molecule has 1 unspecified atom stereocenters. The highest BCUT2D eigenvalue weighted by Gasteiger charge is 2.22.